The number of rotatable bonds is 3. The summed E-state index contributed by atoms with van der Waals surface area (Å²) >= 11 is 0. The van der Waals surface area contributed by atoms with Crippen LogP contribution in [-0.2, 0) is 10.0 Å². The maximum Gasteiger partial charge on any atom is 0.271 e. The van der Waals surface area contributed by atoms with Crippen LogP contribution in [0.1, 0.15) is 5.69 Å². The summed E-state index contributed by atoms with van der Waals surface area (Å²) in [7, 11) is -3.15. The van der Waals surface area contributed by atoms with Crippen LogP contribution in [-0.4, -0.2) is 20.4 Å². The van der Waals surface area contributed by atoms with E-state index in [0.717, 1.165) is 22.5 Å². The van der Waals surface area contributed by atoms with Crippen LogP contribution in [0.3, 0.4) is 0 Å². The number of aromatic nitrogens is 1. The van der Waals surface area contributed by atoms with Gasteiger partial charge in [0, 0.05) is 12.7 Å². The molecular formula is C13H12F2N2O2S. The lowest BCUT2D eigenvalue weighted by atomic mass is 10.3. The van der Waals surface area contributed by atoms with E-state index in [1.165, 1.54) is 13.1 Å². The summed E-state index contributed by atoms with van der Waals surface area (Å²) in [5.74, 6) is -2.18. The second-order valence-corrected chi connectivity index (χ2v) is 6.07. The van der Waals surface area contributed by atoms with Gasteiger partial charge in [0.2, 0.25) is 0 Å². The Morgan fingerprint density at radius 1 is 1.05 bits per heavy atom. The van der Waals surface area contributed by atoms with Crippen molar-refractivity contribution < 1.29 is 17.2 Å². The number of hydrogen-bond acceptors (Lipinski definition) is 3. The molecule has 0 fully saturated rings. The predicted octanol–water partition coefficient (Wildman–Crippen LogP) is 2.49. The van der Waals surface area contributed by atoms with Gasteiger partial charge in [0.25, 0.3) is 10.0 Å². The fourth-order valence-electron chi connectivity index (χ4n) is 1.69. The van der Waals surface area contributed by atoms with Crippen molar-refractivity contribution >= 4 is 15.8 Å². The Labute approximate surface area is 115 Å². The highest BCUT2D eigenvalue weighted by atomic mass is 32.2. The van der Waals surface area contributed by atoms with Crippen LogP contribution < -0.4 is 4.31 Å². The molecule has 0 atom stereocenters. The number of pyridine rings is 1. The van der Waals surface area contributed by atoms with Crippen LogP contribution in [0.2, 0.25) is 0 Å². The largest absolute Gasteiger partial charge is 0.271 e. The van der Waals surface area contributed by atoms with E-state index in [4.69, 9.17) is 0 Å². The number of anilines is 1. The second-order valence-electron chi connectivity index (χ2n) is 4.16. The number of benzene rings is 1. The van der Waals surface area contributed by atoms with Gasteiger partial charge in [0.15, 0.2) is 4.90 Å². The van der Waals surface area contributed by atoms with Gasteiger partial charge in [-0.2, -0.15) is 0 Å². The van der Waals surface area contributed by atoms with Crippen LogP contribution in [0.4, 0.5) is 14.6 Å². The molecule has 2 rings (SSSR count). The molecule has 0 aliphatic carbocycles. The molecule has 0 aliphatic rings. The first kappa shape index (κ1) is 14.4. The minimum Gasteiger partial charge on any atom is -0.253 e. The van der Waals surface area contributed by atoms with Crippen molar-refractivity contribution in [2.24, 2.45) is 0 Å². The normalized spacial score (nSPS) is 11.4. The molecule has 106 valence electrons. The zero-order valence-corrected chi connectivity index (χ0v) is 11.7. The molecular weight excluding hydrogens is 286 g/mol. The van der Waals surface area contributed by atoms with Gasteiger partial charge in [-0.05, 0) is 31.2 Å². The Morgan fingerprint density at radius 3 is 2.15 bits per heavy atom. The Kier molecular flexibility index (Phi) is 3.71. The van der Waals surface area contributed by atoms with Crippen LogP contribution in [0.25, 0.3) is 0 Å². The van der Waals surface area contributed by atoms with Crippen molar-refractivity contribution in [3.8, 4) is 0 Å². The van der Waals surface area contributed by atoms with E-state index in [0.29, 0.717) is 5.69 Å². The first-order chi connectivity index (χ1) is 9.34. The number of halogens is 2. The van der Waals surface area contributed by atoms with Crippen molar-refractivity contribution in [2.75, 3.05) is 11.4 Å². The quantitative estimate of drug-likeness (QED) is 0.875. The topological polar surface area (TPSA) is 50.3 Å². The molecule has 20 heavy (non-hydrogen) atoms. The molecule has 1 heterocycles. The number of hydrogen-bond donors (Lipinski definition) is 0. The van der Waals surface area contributed by atoms with Crippen molar-refractivity contribution in [1.82, 2.24) is 4.98 Å². The molecule has 0 spiro atoms. The molecule has 0 N–H and O–H groups in total. The summed E-state index contributed by atoms with van der Waals surface area (Å²) in [6.45, 7) is 1.69. The van der Waals surface area contributed by atoms with Gasteiger partial charge in [-0.15, -0.1) is 0 Å². The summed E-state index contributed by atoms with van der Waals surface area (Å²) in [6, 6.07) is 7.65. The monoisotopic (exact) mass is 298 g/mol. The molecule has 1 aromatic heterocycles. The summed E-state index contributed by atoms with van der Waals surface area (Å²) in [6.07, 6.45) is 0. The molecule has 0 unspecified atom stereocenters. The molecule has 0 bridgehead atoms. The number of sulfonamides is 1. The van der Waals surface area contributed by atoms with Crippen LogP contribution >= 0.6 is 0 Å². The first-order valence-electron chi connectivity index (χ1n) is 5.70. The van der Waals surface area contributed by atoms with Crippen molar-refractivity contribution in [3.05, 3.63) is 53.7 Å². The molecule has 0 radical (unpaired) electrons. The molecule has 4 nitrogen and oxygen atoms in total. The van der Waals surface area contributed by atoms with Crippen molar-refractivity contribution in [2.45, 2.75) is 11.8 Å². The van der Waals surface area contributed by atoms with Crippen LogP contribution in [0, 0.1) is 18.6 Å². The van der Waals surface area contributed by atoms with E-state index in [9.17, 15) is 17.2 Å². The first-order valence-corrected chi connectivity index (χ1v) is 7.14. The maximum atomic E-state index is 13.6. The van der Waals surface area contributed by atoms with Gasteiger partial charge in [0.05, 0.1) is 0 Å². The fraction of sp³-hybridized carbons (Fsp3) is 0.154. The molecule has 2 aromatic rings. The van der Waals surface area contributed by atoms with Crippen molar-refractivity contribution in [3.63, 3.8) is 0 Å². The average molecular weight is 298 g/mol. The smallest absolute Gasteiger partial charge is 0.253 e. The third kappa shape index (κ3) is 2.49. The highest BCUT2D eigenvalue weighted by Gasteiger charge is 2.29. The van der Waals surface area contributed by atoms with E-state index in [1.807, 2.05) is 0 Å². The summed E-state index contributed by atoms with van der Waals surface area (Å²) in [4.78, 5) is 3.05. The fourth-order valence-corrected chi connectivity index (χ4v) is 2.94. The van der Waals surface area contributed by atoms with Gasteiger partial charge in [0.1, 0.15) is 17.5 Å². The molecule has 7 heteroatoms. The Bertz CT molecular complexity index is 728. The highest BCUT2D eigenvalue weighted by Crippen LogP contribution is 2.24. The Balaban J connectivity index is 2.56. The minimum absolute atomic E-state index is 0.0904. The summed E-state index contributed by atoms with van der Waals surface area (Å²) < 4.78 is 52.6. The van der Waals surface area contributed by atoms with Gasteiger partial charge in [-0.25, -0.2) is 22.2 Å². The van der Waals surface area contributed by atoms with Gasteiger partial charge in [-0.1, -0.05) is 12.1 Å². The molecule has 0 saturated carbocycles. The van der Waals surface area contributed by atoms with Crippen molar-refractivity contribution in [1.29, 1.82) is 0 Å². The third-order valence-electron chi connectivity index (χ3n) is 2.73. The maximum absolute atomic E-state index is 13.6. The SMILES string of the molecule is Cc1cccc(N(C)S(=O)(=O)c2c(F)cccc2F)n1. The lowest BCUT2D eigenvalue weighted by Crippen LogP contribution is -2.29. The third-order valence-corrected chi connectivity index (χ3v) is 4.55. The molecule has 0 aliphatic heterocycles. The lowest BCUT2D eigenvalue weighted by Gasteiger charge is -2.19. The predicted molar refractivity (Wildman–Crippen MR) is 70.9 cm³/mol. The van der Waals surface area contributed by atoms with E-state index < -0.39 is 26.6 Å². The van der Waals surface area contributed by atoms with E-state index in [2.05, 4.69) is 4.98 Å². The summed E-state index contributed by atoms with van der Waals surface area (Å²) in [5.41, 5.74) is 0.596. The van der Waals surface area contributed by atoms with E-state index in [1.54, 1.807) is 19.1 Å². The zero-order valence-electron chi connectivity index (χ0n) is 10.8. The van der Waals surface area contributed by atoms with Gasteiger partial charge < -0.3 is 0 Å². The Morgan fingerprint density at radius 2 is 1.60 bits per heavy atom. The van der Waals surface area contributed by atoms with Gasteiger partial charge in [-0.3, -0.25) is 4.31 Å². The van der Waals surface area contributed by atoms with E-state index in [-0.39, 0.29) is 5.82 Å². The van der Waals surface area contributed by atoms with E-state index >= 15 is 0 Å². The van der Waals surface area contributed by atoms with Crippen LogP contribution in [0.5, 0.6) is 0 Å². The van der Waals surface area contributed by atoms with Gasteiger partial charge >= 0.3 is 0 Å². The standard InChI is InChI=1S/C13H12F2N2O2S/c1-9-5-3-8-12(16-9)17(2)20(18,19)13-10(14)6-4-7-11(13)15/h3-8H,1-2H3. The lowest BCUT2D eigenvalue weighted by molar-refractivity contribution is 0.518. The number of nitrogens with zero attached hydrogens (tertiary/aromatic N) is 2. The number of aryl methyl sites for hydroxylation is 1. The minimum atomic E-state index is -4.35. The highest BCUT2D eigenvalue weighted by molar-refractivity contribution is 7.92. The molecule has 0 saturated heterocycles. The Hall–Kier alpha value is -2.02. The molecule has 1 aromatic carbocycles. The summed E-state index contributed by atoms with van der Waals surface area (Å²) in [5, 5.41) is 0. The zero-order chi connectivity index (χ0) is 14.9. The molecule has 0 amide bonds. The average Bonchev–Trinajstić information content (AvgIpc) is 2.37. The second kappa shape index (κ2) is 5.16. The van der Waals surface area contributed by atoms with Crippen LogP contribution in [0.15, 0.2) is 41.3 Å².